The highest BCUT2D eigenvalue weighted by Crippen LogP contribution is 2.25. The summed E-state index contributed by atoms with van der Waals surface area (Å²) in [6, 6.07) is 3.79. The minimum Gasteiger partial charge on any atom is -0.481 e. The number of carboxylic acid groups (broad SMARTS) is 1. The average molecular weight is 259 g/mol. The SMILES string of the molecule is CC(C)(CCC(=O)O)Nc1ccnc2cnccc12. The summed E-state index contributed by atoms with van der Waals surface area (Å²) in [5.41, 5.74) is 1.47. The molecule has 0 aliphatic rings. The van der Waals surface area contributed by atoms with Crippen LogP contribution in [0.1, 0.15) is 26.7 Å². The number of aromatic nitrogens is 2. The molecule has 0 aliphatic heterocycles. The van der Waals surface area contributed by atoms with Gasteiger partial charge in [-0.05, 0) is 32.4 Å². The van der Waals surface area contributed by atoms with Crippen molar-refractivity contribution in [3.05, 3.63) is 30.7 Å². The normalized spacial score (nSPS) is 11.5. The maximum absolute atomic E-state index is 10.7. The summed E-state index contributed by atoms with van der Waals surface area (Å²) in [7, 11) is 0. The van der Waals surface area contributed by atoms with Gasteiger partial charge in [0.25, 0.3) is 0 Å². The van der Waals surface area contributed by atoms with E-state index in [9.17, 15) is 4.79 Å². The Labute approximate surface area is 111 Å². The first kappa shape index (κ1) is 13.3. The van der Waals surface area contributed by atoms with Crippen LogP contribution in [0.25, 0.3) is 10.9 Å². The van der Waals surface area contributed by atoms with Crippen molar-refractivity contribution in [2.75, 3.05) is 5.32 Å². The standard InChI is InChI=1S/C14H17N3O2/c1-14(2,6-3-13(18)19)17-11-5-8-16-12-9-15-7-4-10(11)12/h4-5,7-9H,3,6H2,1-2H3,(H,16,17)(H,18,19). The number of anilines is 1. The molecule has 0 amide bonds. The van der Waals surface area contributed by atoms with Crippen molar-refractivity contribution in [1.82, 2.24) is 9.97 Å². The Kier molecular flexibility index (Phi) is 3.64. The lowest BCUT2D eigenvalue weighted by molar-refractivity contribution is -0.137. The molecular weight excluding hydrogens is 242 g/mol. The minimum absolute atomic E-state index is 0.143. The molecule has 0 atom stereocenters. The number of pyridine rings is 2. The lowest BCUT2D eigenvalue weighted by atomic mass is 9.97. The van der Waals surface area contributed by atoms with Crippen LogP contribution < -0.4 is 5.32 Å². The highest BCUT2D eigenvalue weighted by Gasteiger charge is 2.19. The highest BCUT2D eigenvalue weighted by atomic mass is 16.4. The highest BCUT2D eigenvalue weighted by molar-refractivity contribution is 5.90. The second kappa shape index (κ2) is 5.22. The molecule has 0 fully saturated rings. The van der Waals surface area contributed by atoms with Crippen molar-refractivity contribution >= 4 is 22.6 Å². The van der Waals surface area contributed by atoms with E-state index in [0.29, 0.717) is 6.42 Å². The third-order valence-corrected chi connectivity index (χ3v) is 2.98. The van der Waals surface area contributed by atoms with Crippen LogP contribution >= 0.6 is 0 Å². The van der Waals surface area contributed by atoms with Crippen LogP contribution in [0.2, 0.25) is 0 Å². The second-order valence-electron chi connectivity index (χ2n) is 5.15. The van der Waals surface area contributed by atoms with Crippen molar-refractivity contribution < 1.29 is 9.90 Å². The van der Waals surface area contributed by atoms with Gasteiger partial charge in [0.05, 0.1) is 11.7 Å². The third-order valence-electron chi connectivity index (χ3n) is 2.98. The topological polar surface area (TPSA) is 75.1 Å². The number of hydrogen-bond acceptors (Lipinski definition) is 4. The van der Waals surface area contributed by atoms with E-state index >= 15 is 0 Å². The molecule has 0 unspecified atom stereocenters. The van der Waals surface area contributed by atoms with E-state index in [-0.39, 0.29) is 12.0 Å². The quantitative estimate of drug-likeness (QED) is 0.863. The van der Waals surface area contributed by atoms with Crippen LogP contribution in [0.3, 0.4) is 0 Å². The van der Waals surface area contributed by atoms with Crippen molar-refractivity contribution in [1.29, 1.82) is 0 Å². The first-order valence-electron chi connectivity index (χ1n) is 6.17. The van der Waals surface area contributed by atoms with Gasteiger partial charge in [-0.15, -0.1) is 0 Å². The summed E-state index contributed by atoms with van der Waals surface area (Å²) in [6.45, 7) is 3.98. The van der Waals surface area contributed by atoms with Crippen LogP contribution in [0.5, 0.6) is 0 Å². The molecule has 0 bridgehead atoms. The monoisotopic (exact) mass is 259 g/mol. The van der Waals surface area contributed by atoms with Crippen LogP contribution in [-0.4, -0.2) is 26.6 Å². The fraction of sp³-hybridized carbons (Fsp3) is 0.357. The zero-order chi connectivity index (χ0) is 13.9. The first-order valence-corrected chi connectivity index (χ1v) is 6.17. The molecule has 2 aromatic rings. The second-order valence-corrected chi connectivity index (χ2v) is 5.15. The summed E-state index contributed by atoms with van der Waals surface area (Å²) in [5, 5.41) is 13.1. The summed E-state index contributed by atoms with van der Waals surface area (Å²) >= 11 is 0. The predicted octanol–water partition coefficient (Wildman–Crippen LogP) is 2.69. The number of rotatable bonds is 5. The molecule has 2 heterocycles. The number of fused-ring (bicyclic) bond motifs is 1. The molecule has 5 heteroatoms. The maximum atomic E-state index is 10.7. The van der Waals surface area contributed by atoms with E-state index in [0.717, 1.165) is 16.6 Å². The molecule has 0 aromatic carbocycles. The van der Waals surface area contributed by atoms with Crippen LogP contribution in [0.4, 0.5) is 5.69 Å². The van der Waals surface area contributed by atoms with E-state index in [4.69, 9.17) is 5.11 Å². The fourth-order valence-corrected chi connectivity index (χ4v) is 1.95. The Morgan fingerprint density at radius 1 is 1.37 bits per heavy atom. The van der Waals surface area contributed by atoms with Gasteiger partial charge in [-0.2, -0.15) is 0 Å². The molecule has 2 aromatic heterocycles. The third kappa shape index (κ3) is 3.40. The van der Waals surface area contributed by atoms with E-state index in [1.54, 1.807) is 18.6 Å². The van der Waals surface area contributed by atoms with Gasteiger partial charge in [-0.25, -0.2) is 0 Å². The van der Waals surface area contributed by atoms with Crippen LogP contribution in [0, 0.1) is 0 Å². The number of carboxylic acids is 1. The molecule has 0 spiro atoms. The summed E-state index contributed by atoms with van der Waals surface area (Å²) < 4.78 is 0. The molecule has 5 nitrogen and oxygen atoms in total. The number of hydrogen-bond donors (Lipinski definition) is 2. The van der Waals surface area contributed by atoms with Gasteiger partial charge in [0.1, 0.15) is 0 Å². The van der Waals surface area contributed by atoms with Crippen molar-refractivity contribution in [2.45, 2.75) is 32.2 Å². The smallest absolute Gasteiger partial charge is 0.303 e. The van der Waals surface area contributed by atoms with Gasteiger partial charge in [0.15, 0.2) is 0 Å². The minimum atomic E-state index is -0.779. The van der Waals surface area contributed by atoms with E-state index in [2.05, 4.69) is 15.3 Å². The summed E-state index contributed by atoms with van der Waals surface area (Å²) in [5.74, 6) is -0.779. The van der Waals surface area contributed by atoms with Gasteiger partial charge >= 0.3 is 5.97 Å². The Hall–Kier alpha value is -2.17. The largest absolute Gasteiger partial charge is 0.481 e. The van der Waals surface area contributed by atoms with Gasteiger partial charge in [0.2, 0.25) is 0 Å². The Morgan fingerprint density at radius 3 is 2.89 bits per heavy atom. The number of nitrogens with zero attached hydrogens (tertiary/aromatic N) is 2. The Morgan fingerprint density at radius 2 is 2.16 bits per heavy atom. The number of nitrogens with one attached hydrogen (secondary N) is 1. The predicted molar refractivity (Wildman–Crippen MR) is 74.1 cm³/mol. The van der Waals surface area contributed by atoms with Gasteiger partial charge < -0.3 is 10.4 Å². The van der Waals surface area contributed by atoms with Crippen molar-refractivity contribution in [3.63, 3.8) is 0 Å². The average Bonchev–Trinajstić information content (AvgIpc) is 2.37. The zero-order valence-electron chi connectivity index (χ0n) is 11.1. The first-order chi connectivity index (χ1) is 8.98. The summed E-state index contributed by atoms with van der Waals surface area (Å²) in [6.07, 6.45) is 5.85. The van der Waals surface area contributed by atoms with Crippen LogP contribution in [0.15, 0.2) is 30.7 Å². The lowest BCUT2D eigenvalue weighted by Gasteiger charge is -2.27. The molecule has 2 N–H and O–H groups in total. The van der Waals surface area contributed by atoms with E-state index in [1.807, 2.05) is 26.0 Å². The molecule has 0 saturated carbocycles. The molecule has 0 radical (unpaired) electrons. The van der Waals surface area contributed by atoms with E-state index < -0.39 is 5.97 Å². The van der Waals surface area contributed by atoms with Crippen LogP contribution in [-0.2, 0) is 4.79 Å². The molecule has 0 saturated heterocycles. The molecule has 100 valence electrons. The van der Waals surface area contributed by atoms with Crippen molar-refractivity contribution in [2.24, 2.45) is 0 Å². The number of carbonyl (C=O) groups is 1. The molecular formula is C14H17N3O2. The van der Waals surface area contributed by atoms with Gasteiger partial charge in [-0.1, -0.05) is 0 Å². The van der Waals surface area contributed by atoms with E-state index in [1.165, 1.54) is 0 Å². The fourth-order valence-electron chi connectivity index (χ4n) is 1.95. The molecule has 0 aliphatic carbocycles. The Bertz CT molecular complexity index is 591. The maximum Gasteiger partial charge on any atom is 0.303 e. The zero-order valence-corrected chi connectivity index (χ0v) is 11.1. The van der Waals surface area contributed by atoms with Gasteiger partial charge in [-0.3, -0.25) is 14.8 Å². The molecule has 2 rings (SSSR count). The lowest BCUT2D eigenvalue weighted by Crippen LogP contribution is -2.31. The summed E-state index contributed by atoms with van der Waals surface area (Å²) in [4.78, 5) is 19.0. The number of aliphatic carboxylic acids is 1. The molecule has 19 heavy (non-hydrogen) atoms. The van der Waals surface area contributed by atoms with Crippen molar-refractivity contribution in [3.8, 4) is 0 Å². The Balaban J connectivity index is 2.23. The van der Waals surface area contributed by atoms with Gasteiger partial charge in [0, 0.05) is 35.4 Å².